The predicted octanol–water partition coefficient (Wildman–Crippen LogP) is 2.21. The van der Waals surface area contributed by atoms with Crippen molar-refractivity contribution in [1.82, 2.24) is 4.72 Å². The van der Waals surface area contributed by atoms with Gasteiger partial charge in [-0.05, 0) is 12.1 Å². The van der Waals surface area contributed by atoms with Gasteiger partial charge in [0.15, 0.2) is 0 Å². The third-order valence-electron chi connectivity index (χ3n) is 1.87. The van der Waals surface area contributed by atoms with Crippen LogP contribution in [0.5, 0.6) is 0 Å². The molecule has 0 radical (unpaired) electrons. The Morgan fingerprint density at radius 2 is 1.89 bits per heavy atom. The van der Waals surface area contributed by atoms with Crippen LogP contribution in [0.15, 0.2) is 21.5 Å². The average molecular weight is 377 g/mol. The second-order valence-corrected chi connectivity index (χ2v) is 6.53. The van der Waals surface area contributed by atoms with Crippen LogP contribution in [0.25, 0.3) is 0 Å². The van der Waals surface area contributed by atoms with Crippen LogP contribution in [-0.2, 0) is 19.6 Å². The maximum atomic E-state index is 11.9. The van der Waals surface area contributed by atoms with Crippen LogP contribution < -0.4 is 4.72 Å². The zero-order valence-electron chi connectivity index (χ0n) is 9.04. The van der Waals surface area contributed by atoms with Crippen molar-refractivity contribution >= 4 is 55.1 Å². The van der Waals surface area contributed by atoms with E-state index >= 15 is 0 Å². The molecule has 5 nitrogen and oxygen atoms in total. The van der Waals surface area contributed by atoms with Crippen molar-refractivity contribution in [3.63, 3.8) is 0 Å². The summed E-state index contributed by atoms with van der Waals surface area (Å²) in [4.78, 5) is 10.6. The van der Waals surface area contributed by atoms with Crippen LogP contribution in [0, 0.1) is 0 Å². The predicted molar refractivity (Wildman–Crippen MR) is 71.4 cm³/mol. The van der Waals surface area contributed by atoms with Gasteiger partial charge in [0, 0.05) is 4.47 Å². The molecular formula is C9H8BrCl2NO4S. The number of carbonyl (C=O) groups is 1. The van der Waals surface area contributed by atoms with Crippen molar-refractivity contribution in [3.05, 3.63) is 26.7 Å². The van der Waals surface area contributed by atoms with E-state index in [9.17, 15) is 13.2 Å². The van der Waals surface area contributed by atoms with Crippen molar-refractivity contribution in [3.8, 4) is 0 Å². The van der Waals surface area contributed by atoms with Crippen molar-refractivity contribution in [1.29, 1.82) is 0 Å². The third kappa shape index (κ3) is 3.83. The van der Waals surface area contributed by atoms with Gasteiger partial charge in [0.25, 0.3) is 0 Å². The van der Waals surface area contributed by atoms with Crippen LogP contribution in [0.4, 0.5) is 0 Å². The van der Waals surface area contributed by atoms with Crippen molar-refractivity contribution in [2.45, 2.75) is 4.90 Å². The first kappa shape index (κ1) is 15.7. The molecular weight excluding hydrogens is 369 g/mol. The number of halogens is 3. The molecule has 0 unspecified atom stereocenters. The Labute approximate surface area is 123 Å². The molecule has 0 amide bonds. The van der Waals surface area contributed by atoms with Gasteiger partial charge in [-0.3, -0.25) is 4.79 Å². The molecule has 1 N–H and O–H groups in total. The van der Waals surface area contributed by atoms with Crippen LogP contribution in [0.3, 0.4) is 0 Å². The highest BCUT2D eigenvalue weighted by Gasteiger charge is 2.23. The molecule has 0 fully saturated rings. The standard InChI is InChI=1S/C9H8BrCl2NO4S/c1-17-8(14)4-13-18(15,16)9-6(11)2-5(10)3-7(9)12/h2-3,13H,4H2,1H3. The number of sulfonamides is 1. The van der Waals surface area contributed by atoms with Gasteiger partial charge in [0.1, 0.15) is 11.4 Å². The molecule has 0 aliphatic heterocycles. The van der Waals surface area contributed by atoms with E-state index in [-0.39, 0.29) is 14.9 Å². The lowest BCUT2D eigenvalue weighted by atomic mass is 10.4. The number of hydrogen-bond donors (Lipinski definition) is 1. The Kier molecular flexibility index (Phi) is 5.42. The number of benzene rings is 1. The van der Waals surface area contributed by atoms with Crippen LogP contribution in [0.2, 0.25) is 10.0 Å². The topological polar surface area (TPSA) is 72.5 Å². The highest BCUT2D eigenvalue weighted by Crippen LogP contribution is 2.32. The third-order valence-corrected chi connectivity index (χ3v) is 4.65. The molecule has 9 heteroatoms. The number of hydrogen-bond acceptors (Lipinski definition) is 4. The quantitative estimate of drug-likeness (QED) is 0.817. The number of rotatable bonds is 4. The first-order valence-corrected chi connectivity index (χ1v) is 7.52. The lowest BCUT2D eigenvalue weighted by Gasteiger charge is -2.09. The van der Waals surface area contributed by atoms with Gasteiger partial charge >= 0.3 is 5.97 Å². The summed E-state index contributed by atoms with van der Waals surface area (Å²) in [5.74, 6) is -0.720. The summed E-state index contributed by atoms with van der Waals surface area (Å²) in [5.41, 5.74) is 0. The number of nitrogens with one attached hydrogen (secondary N) is 1. The fraction of sp³-hybridized carbons (Fsp3) is 0.222. The van der Waals surface area contributed by atoms with Gasteiger partial charge in [-0.2, -0.15) is 4.72 Å². The van der Waals surface area contributed by atoms with Crippen LogP contribution in [-0.4, -0.2) is 28.0 Å². The Morgan fingerprint density at radius 3 is 2.33 bits per heavy atom. The normalized spacial score (nSPS) is 11.3. The average Bonchev–Trinajstić information content (AvgIpc) is 2.24. The molecule has 0 atom stereocenters. The van der Waals surface area contributed by atoms with Gasteiger partial charge in [0.05, 0.1) is 17.2 Å². The molecule has 100 valence electrons. The Hall–Kier alpha value is -0.340. The molecule has 0 aliphatic carbocycles. The summed E-state index contributed by atoms with van der Waals surface area (Å²) in [6, 6.07) is 2.78. The molecule has 0 saturated carbocycles. The Balaban J connectivity index is 3.10. The maximum Gasteiger partial charge on any atom is 0.320 e. The first-order chi connectivity index (χ1) is 8.27. The zero-order valence-corrected chi connectivity index (χ0v) is 13.0. The second-order valence-electron chi connectivity index (χ2n) is 3.10. The summed E-state index contributed by atoms with van der Waals surface area (Å²) in [7, 11) is -2.83. The molecule has 18 heavy (non-hydrogen) atoms. The summed E-state index contributed by atoms with van der Waals surface area (Å²) in [6.07, 6.45) is 0. The summed E-state index contributed by atoms with van der Waals surface area (Å²) >= 11 is 14.8. The molecule has 0 aliphatic rings. The van der Waals surface area contributed by atoms with Crippen LogP contribution >= 0.6 is 39.1 Å². The smallest absolute Gasteiger partial charge is 0.320 e. The number of ether oxygens (including phenoxy) is 1. The molecule has 1 aromatic carbocycles. The van der Waals surface area contributed by atoms with E-state index in [1.165, 1.54) is 12.1 Å². The molecule has 1 rings (SSSR count). The monoisotopic (exact) mass is 375 g/mol. The summed E-state index contributed by atoms with van der Waals surface area (Å²) < 4.78 is 30.7. The van der Waals surface area contributed by atoms with Crippen molar-refractivity contribution in [2.75, 3.05) is 13.7 Å². The van der Waals surface area contributed by atoms with Crippen LogP contribution in [0.1, 0.15) is 0 Å². The summed E-state index contributed by atoms with van der Waals surface area (Å²) in [5, 5.41) is -0.0986. The maximum absolute atomic E-state index is 11.9. The highest BCUT2D eigenvalue weighted by molar-refractivity contribution is 9.10. The molecule has 0 saturated heterocycles. The van der Waals surface area contributed by atoms with E-state index in [2.05, 4.69) is 20.7 Å². The largest absolute Gasteiger partial charge is 0.468 e. The van der Waals surface area contributed by atoms with Gasteiger partial charge in [-0.1, -0.05) is 39.1 Å². The number of carbonyl (C=O) groups excluding carboxylic acids is 1. The summed E-state index contributed by atoms with van der Waals surface area (Å²) in [6.45, 7) is -0.498. The van der Waals surface area contributed by atoms with Gasteiger partial charge in [0.2, 0.25) is 10.0 Å². The molecule has 0 spiro atoms. The molecule has 0 bridgehead atoms. The lowest BCUT2D eigenvalue weighted by Crippen LogP contribution is -2.30. The minimum absolute atomic E-state index is 0.0493. The first-order valence-electron chi connectivity index (χ1n) is 4.49. The van der Waals surface area contributed by atoms with Crippen molar-refractivity contribution in [2.24, 2.45) is 0 Å². The highest BCUT2D eigenvalue weighted by atomic mass is 79.9. The van der Waals surface area contributed by atoms with E-state index in [1.807, 2.05) is 4.72 Å². The van der Waals surface area contributed by atoms with E-state index in [1.54, 1.807) is 0 Å². The number of methoxy groups -OCH3 is 1. The van der Waals surface area contributed by atoms with Gasteiger partial charge in [-0.25, -0.2) is 8.42 Å². The zero-order chi connectivity index (χ0) is 13.9. The Bertz CT molecular complexity index is 553. The second kappa shape index (κ2) is 6.21. The SMILES string of the molecule is COC(=O)CNS(=O)(=O)c1c(Cl)cc(Br)cc1Cl. The van der Waals surface area contributed by atoms with E-state index in [4.69, 9.17) is 23.2 Å². The van der Waals surface area contributed by atoms with Gasteiger partial charge < -0.3 is 4.74 Å². The molecule has 0 heterocycles. The molecule has 1 aromatic rings. The van der Waals surface area contributed by atoms with E-state index in [0.717, 1.165) is 7.11 Å². The minimum atomic E-state index is -3.98. The van der Waals surface area contributed by atoms with Crippen molar-refractivity contribution < 1.29 is 17.9 Å². The number of esters is 1. The minimum Gasteiger partial charge on any atom is -0.468 e. The lowest BCUT2D eigenvalue weighted by molar-refractivity contribution is -0.139. The fourth-order valence-electron chi connectivity index (χ4n) is 1.08. The fourth-order valence-corrected chi connectivity index (χ4v) is 3.99. The van der Waals surface area contributed by atoms with E-state index in [0.29, 0.717) is 4.47 Å². The molecule has 0 aromatic heterocycles. The van der Waals surface area contributed by atoms with Gasteiger partial charge in [-0.15, -0.1) is 0 Å². The van der Waals surface area contributed by atoms with E-state index < -0.39 is 22.5 Å². The Morgan fingerprint density at radius 1 is 1.39 bits per heavy atom.